The van der Waals surface area contributed by atoms with Gasteiger partial charge in [0, 0.05) is 49.5 Å². The van der Waals surface area contributed by atoms with Crippen LogP contribution in [0.1, 0.15) is 22.3 Å². The van der Waals surface area contributed by atoms with Crippen LogP contribution in [0.3, 0.4) is 0 Å². The molecule has 2 aromatic heterocycles. The minimum absolute atomic E-state index is 0.566. The first kappa shape index (κ1) is 36.1. The first-order valence-electron chi connectivity index (χ1n) is 21.6. The largest absolute Gasteiger partial charge is 0.456 e. The van der Waals surface area contributed by atoms with Crippen molar-refractivity contribution in [3.05, 3.63) is 241 Å². The van der Waals surface area contributed by atoms with E-state index in [1.54, 1.807) is 0 Å². The van der Waals surface area contributed by atoms with Crippen LogP contribution in [0.15, 0.2) is 218 Å². The summed E-state index contributed by atoms with van der Waals surface area (Å²) in [6, 6.07) is 76.6. The van der Waals surface area contributed by atoms with Crippen molar-refractivity contribution in [3.63, 3.8) is 0 Å². The van der Waals surface area contributed by atoms with Gasteiger partial charge in [-0.2, -0.15) is 0 Å². The van der Waals surface area contributed by atoms with Gasteiger partial charge in [0.2, 0.25) is 0 Å². The number of aromatic nitrogens is 4. The van der Waals surface area contributed by atoms with E-state index >= 15 is 0 Å². The summed E-state index contributed by atoms with van der Waals surface area (Å²) in [6.07, 6.45) is 0. The molecule has 64 heavy (non-hydrogen) atoms. The fourth-order valence-electron chi connectivity index (χ4n) is 10.2. The maximum absolute atomic E-state index is 7.18. The Morgan fingerprint density at radius 2 is 0.828 bits per heavy atom. The van der Waals surface area contributed by atoms with Gasteiger partial charge in [-0.1, -0.05) is 194 Å². The molecule has 0 N–H and O–H groups in total. The molecule has 0 fully saturated rings. The lowest BCUT2D eigenvalue weighted by atomic mass is 9.65. The molecule has 13 rings (SSSR count). The molecule has 0 radical (unpaired) electrons. The number of para-hydroxylation sites is 2. The van der Waals surface area contributed by atoms with Crippen molar-refractivity contribution >= 4 is 21.7 Å². The van der Waals surface area contributed by atoms with Crippen LogP contribution in [0.4, 0.5) is 0 Å². The Labute approximate surface area is 370 Å². The van der Waals surface area contributed by atoms with E-state index in [1.165, 1.54) is 22.3 Å². The third-order valence-electron chi connectivity index (χ3n) is 13.0. The smallest absolute Gasteiger partial charge is 0.164 e. The molecule has 2 aliphatic rings. The Bertz CT molecular complexity index is 3560. The van der Waals surface area contributed by atoms with Crippen molar-refractivity contribution in [3.8, 4) is 79.2 Å². The van der Waals surface area contributed by atoms with Gasteiger partial charge < -0.3 is 4.74 Å². The quantitative estimate of drug-likeness (QED) is 0.162. The molecule has 0 saturated carbocycles. The lowest BCUT2D eigenvalue weighted by Gasteiger charge is -2.40. The third kappa shape index (κ3) is 5.44. The van der Waals surface area contributed by atoms with Gasteiger partial charge in [0.1, 0.15) is 11.5 Å². The average Bonchev–Trinajstić information content (AvgIpc) is 3.67. The van der Waals surface area contributed by atoms with Crippen LogP contribution in [-0.4, -0.2) is 19.9 Å². The molecular formula is C59H36N4O. The predicted octanol–water partition coefficient (Wildman–Crippen LogP) is 14.4. The van der Waals surface area contributed by atoms with E-state index in [0.717, 1.165) is 83.4 Å². The number of nitrogens with zero attached hydrogens (tertiary/aromatic N) is 4. The standard InChI is InChI=1S/C59H36N4O/c1-3-17-37(18-4-1)56-61-57(38-19-5-2-6-20-38)63-58(62-56)42-24-16-22-40(36-42)39-21-15-23-41(35-39)54-46-33-34-50-55(53(46)45-27-9-13-31-51(45)60-54)64-52-32-14-12-30-49(52)59(50)47-28-10-7-25-43(47)44-26-8-11-29-48(44)59/h1-36H. The molecule has 11 aromatic rings. The van der Waals surface area contributed by atoms with Gasteiger partial charge in [0.05, 0.1) is 16.6 Å². The molecule has 0 saturated heterocycles. The van der Waals surface area contributed by atoms with Crippen molar-refractivity contribution in [2.45, 2.75) is 5.41 Å². The molecule has 1 aliphatic carbocycles. The fraction of sp³-hybridized carbons (Fsp3) is 0.0169. The van der Waals surface area contributed by atoms with Crippen molar-refractivity contribution in [2.24, 2.45) is 0 Å². The number of rotatable bonds is 5. The summed E-state index contributed by atoms with van der Waals surface area (Å²) >= 11 is 0. The van der Waals surface area contributed by atoms with Crippen molar-refractivity contribution in [1.82, 2.24) is 19.9 Å². The Morgan fingerprint density at radius 1 is 0.328 bits per heavy atom. The zero-order valence-corrected chi connectivity index (χ0v) is 34.5. The Kier molecular flexibility index (Phi) is 8.06. The molecule has 9 aromatic carbocycles. The highest BCUT2D eigenvalue weighted by Crippen LogP contribution is 2.63. The molecule has 0 amide bonds. The summed E-state index contributed by atoms with van der Waals surface area (Å²) in [5.74, 6) is 3.61. The SMILES string of the molecule is c1ccc(-c2nc(-c3ccccc3)nc(-c3cccc(-c4cccc(-c5nc6ccccc6c6c7c(ccc56)C5(c6ccccc6O7)c6ccccc6-c6ccccc65)c4)c3)n2)cc1. The first-order chi connectivity index (χ1) is 31.7. The van der Waals surface area contributed by atoms with E-state index in [0.29, 0.717) is 17.5 Å². The second-order valence-electron chi connectivity index (χ2n) is 16.5. The number of fused-ring (bicyclic) bond motifs is 13. The molecule has 0 bridgehead atoms. The molecule has 1 spiro atoms. The highest BCUT2D eigenvalue weighted by atomic mass is 16.5. The molecule has 5 nitrogen and oxygen atoms in total. The maximum atomic E-state index is 7.18. The van der Waals surface area contributed by atoms with Crippen LogP contribution >= 0.6 is 0 Å². The summed E-state index contributed by atoms with van der Waals surface area (Å²) in [6.45, 7) is 0. The second-order valence-corrected chi connectivity index (χ2v) is 16.5. The first-order valence-corrected chi connectivity index (χ1v) is 21.6. The topological polar surface area (TPSA) is 60.8 Å². The van der Waals surface area contributed by atoms with Gasteiger partial charge in [0.25, 0.3) is 0 Å². The van der Waals surface area contributed by atoms with Crippen LogP contribution in [-0.2, 0) is 5.41 Å². The molecule has 1 aliphatic heterocycles. The fourth-order valence-corrected chi connectivity index (χ4v) is 10.2. The molecule has 298 valence electrons. The van der Waals surface area contributed by atoms with Gasteiger partial charge in [-0.15, -0.1) is 0 Å². The highest BCUT2D eigenvalue weighted by Gasteiger charge is 2.51. The number of hydrogen-bond donors (Lipinski definition) is 0. The Balaban J connectivity index is 0.985. The number of ether oxygens (including phenoxy) is 1. The third-order valence-corrected chi connectivity index (χ3v) is 13.0. The Morgan fingerprint density at radius 3 is 1.50 bits per heavy atom. The number of hydrogen-bond acceptors (Lipinski definition) is 5. The minimum Gasteiger partial charge on any atom is -0.456 e. The predicted molar refractivity (Wildman–Crippen MR) is 257 cm³/mol. The lowest BCUT2D eigenvalue weighted by molar-refractivity contribution is 0.442. The lowest BCUT2D eigenvalue weighted by Crippen LogP contribution is -2.32. The van der Waals surface area contributed by atoms with Crippen LogP contribution in [0.2, 0.25) is 0 Å². The van der Waals surface area contributed by atoms with E-state index < -0.39 is 5.41 Å². The van der Waals surface area contributed by atoms with Gasteiger partial charge in [0.15, 0.2) is 17.5 Å². The van der Waals surface area contributed by atoms with Crippen molar-refractivity contribution in [1.29, 1.82) is 0 Å². The maximum Gasteiger partial charge on any atom is 0.164 e. The zero-order valence-electron chi connectivity index (χ0n) is 34.5. The van der Waals surface area contributed by atoms with Crippen LogP contribution in [0.25, 0.3) is 89.4 Å². The van der Waals surface area contributed by atoms with Crippen LogP contribution in [0, 0.1) is 0 Å². The molecular weight excluding hydrogens is 781 g/mol. The molecule has 0 atom stereocenters. The monoisotopic (exact) mass is 816 g/mol. The normalized spacial score (nSPS) is 12.9. The highest BCUT2D eigenvalue weighted by molar-refractivity contribution is 6.15. The van der Waals surface area contributed by atoms with Crippen molar-refractivity contribution < 1.29 is 4.74 Å². The molecule has 0 unspecified atom stereocenters. The van der Waals surface area contributed by atoms with Gasteiger partial charge in [-0.05, 0) is 57.6 Å². The van der Waals surface area contributed by atoms with Crippen LogP contribution in [0.5, 0.6) is 11.5 Å². The van der Waals surface area contributed by atoms with E-state index in [-0.39, 0.29) is 0 Å². The van der Waals surface area contributed by atoms with E-state index in [2.05, 4.69) is 158 Å². The molecule has 3 heterocycles. The van der Waals surface area contributed by atoms with Crippen LogP contribution < -0.4 is 4.74 Å². The van der Waals surface area contributed by atoms with Gasteiger partial charge >= 0.3 is 0 Å². The summed E-state index contributed by atoms with van der Waals surface area (Å²) in [5, 5.41) is 3.14. The Hall–Kier alpha value is -8.54. The summed E-state index contributed by atoms with van der Waals surface area (Å²) in [5.41, 5.74) is 14.5. The number of pyridine rings is 1. The minimum atomic E-state index is -0.566. The summed E-state index contributed by atoms with van der Waals surface area (Å²) in [7, 11) is 0. The zero-order chi connectivity index (χ0) is 42.2. The second kappa shape index (κ2) is 14.3. The van der Waals surface area contributed by atoms with E-state index in [9.17, 15) is 0 Å². The van der Waals surface area contributed by atoms with Crippen molar-refractivity contribution in [2.75, 3.05) is 0 Å². The van der Waals surface area contributed by atoms with Gasteiger partial charge in [-0.3, -0.25) is 0 Å². The average molecular weight is 817 g/mol. The number of benzene rings is 9. The molecule has 5 heteroatoms. The summed E-state index contributed by atoms with van der Waals surface area (Å²) < 4.78 is 7.18. The van der Waals surface area contributed by atoms with E-state index in [1.807, 2.05) is 60.7 Å². The summed E-state index contributed by atoms with van der Waals surface area (Å²) in [4.78, 5) is 20.4. The van der Waals surface area contributed by atoms with Gasteiger partial charge in [-0.25, -0.2) is 19.9 Å². The van der Waals surface area contributed by atoms with E-state index in [4.69, 9.17) is 24.7 Å².